The molecule has 18 heavy (non-hydrogen) atoms. The van der Waals surface area contributed by atoms with Crippen LogP contribution in [0.3, 0.4) is 0 Å². The van der Waals surface area contributed by atoms with E-state index in [0.29, 0.717) is 18.6 Å². The minimum Gasteiger partial charge on any atom is -0.352 e. The molecule has 0 saturated heterocycles. The highest BCUT2D eigenvalue weighted by molar-refractivity contribution is 7.99. The van der Waals surface area contributed by atoms with Gasteiger partial charge in [0.05, 0.1) is 6.54 Å². The number of carbonyl (C=O) groups excluding carboxylic acids is 1. The molecule has 1 saturated carbocycles. The van der Waals surface area contributed by atoms with Gasteiger partial charge in [0, 0.05) is 17.3 Å². The van der Waals surface area contributed by atoms with Crippen LogP contribution in [0, 0.1) is 0 Å². The molecule has 0 aliphatic heterocycles. The minimum atomic E-state index is 0.179. The largest absolute Gasteiger partial charge is 0.352 e. The highest BCUT2D eigenvalue weighted by atomic mass is 32.2. The second-order valence-electron chi connectivity index (χ2n) is 5.52. The van der Waals surface area contributed by atoms with E-state index < -0.39 is 0 Å². The van der Waals surface area contributed by atoms with E-state index >= 15 is 0 Å². The Morgan fingerprint density at radius 3 is 2.78 bits per heavy atom. The van der Waals surface area contributed by atoms with Gasteiger partial charge in [0.2, 0.25) is 5.91 Å². The third-order valence-corrected chi connectivity index (χ3v) is 4.90. The first-order valence-electron chi connectivity index (χ1n) is 7.14. The first-order valence-corrected chi connectivity index (χ1v) is 8.19. The van der Waals surface area contributed by atoms with Gasteiger partial charge in [0.15, 0.2) is 0 Å². The van der Waals surface area contributed by atoms with Gasteiger partial charge >= 0.3 is 0 Å². The van der Waals surface area contributed by atoms with Crippen LogP contribution in [0.1, 0.15) is 46.5 Å². The Morgan fingerprint density at radius 2 is 2.17 bits per heavy atom. The van der Waals surface area contributed by atoms with E-state index in [4.69, 9.17) is 0 Å². The summed E-state index contributed by atoms with van der Waals surface area (Å²) in [5.41, 5.74) is 0. The topological polar surface area (TPSA) is 32.3 Å². The molecule has 1 aliphatic carbocycles. The van der Waals surface area contributed by atoms with Crippen molar-refractivity contribution >= 4 is 17.7 Å². The molecular formula is C14H28N2OS. The van der Waals surface area contributed by atoms with E-state index in [1.807, 2.05) is 18.8 Å². The molecule has 2 atom stereocenters. The number of hydrogen-bond donors (Lipinski definition) is 1. The number of rotatable bonds is 6. The standard InChI is InChI=1S/C14H28N2OS/c1-5-18-13-8-6-7-12(9-13)15-14(17)10-16(4)11(2)3/h11-13H,5-10H2,1-4H3,(H,15,17)/t12-,13+/m1/s1. The van der Waals surface area contributed by atoms with Crippen molar-refractivity contribution in [3.8, 4) is 0 Å². The average Bonchev–Trinajstić information content (AvgIpc) is 2.29. The van der Waals surface area contributed by atoms with E-state index in [1.54, 1.807) is 0 Å². The van der Waals surface area contributed by atoms with Gasteiger partial charge in [-0.15, -0.1) is 0 Å². The van der Waals surface area contributed by atoms with Crippen molar-refractivity contribution < 1.29 is 4.79 Å². The molecule has 0 aromatic rings. The number of likely N-dealkylation sites (N-methyl/N-ethyl adjacent to an activating group) is 1. The molecule has 1 N–H and O–H groups in total. The van der Waals surface area contributed by atoms with Crippen LogP contribution in [0.15, 0.2) is 0 Å². The molecule has 1 amide bonds. The molecule has 1 rings (SSSR count). The number of carbonyl (C=O) groups is 1. The summed E-state index contributed by atoms with van der Waals surface area (Å²) in [5.74, 6) is 1.36. The van der Waals surface area contributed by atoms with Crippen LogP contribution in [-0.2, 0) is 4.79 Å². The fourth-order valence-electron chi connectivity index (χ4n) is 2.35. The molecule has 0 aromatic carbocycles. The van der Waals surface area contributed by atoms with Gasteiger partial charge in [-0.3, -0.25) is 9.69 Å². The zero-order valence-electron chi connectivity index (χ0n) is 12.2. The third-order valence-electron chi connectivity index (χ3n) is 3.67. The van der Waals surface area contributed by atoms with Crippen molar-refractivity contribution in [3.05, 3.63) is 0 Å². The van der Waals surface area contributed by atoms with Crippen LogP contribution >= 0.6 is 11.8 Å². The van der Waals surface area contributed by atoms with Crippen molar-refractivity contribution in [2.24, 2.45) is 0 Å². The molecule has 4 heteroatoms. The van der Waals surface area contributed by atoms with Crippen LogP contribution in [0.5, 0.6) is 0 Å². The normalized spacial score (nSPS) is 24.6. The molecule has 1 fully saturated rings. The van der Waals surface area contributed by atoms with Gasteiger partial charge in [0.25, 0.3) is 0 Å². The molecule has 3 nitrogen and oxygen atoms in total. The lowest BCUT2D eigenvalue weighted by molar-refractivity contribution is -0.123. The SMILES string of the molecule is CCS[C@H]1CCC[C@@H](NC(=O)CN(C)C(C)C)C1. The quantitative estimate of drug-likeness (QED) is 0.806. The van der Waals surface area contributed by atoms with Crippen molar-refractivity contribution in [1.29, 1.82) is 0 Å². The Kier molecular flexibility index (Phi) is 7.08. The van der Waals surface area contributed by atoms with Crippen molar-refractivity contribution in [2.75, 3.05) is 19.3 Å². The Balaban J connectivity index is 2.30. The summed E-state index contributed by atoms with van der Waals surface area (Å²) in [5, 5.41) is 3.95. The van der Waals surface area contributed by atoms with Crippen LogP contribution in [0.25, 0.3) is 0 Å². The maximum atomic E-state index is 11.9. The van der Waals surface area contributed by atoms with Gasteiger partial charge in [0.1, 0.15) is 0 Å². The van der Waals surface area contributed by atoms with Crippen molar-refractivity contribution in [2.45, 2.75) is 63.8 Å². The van der Waals surface area contributed by atoms with Gasteiger partial charge in [-0.25, -0.2) is 0 Å². The lowest BCUT2D eigenvalue weighted by Crippen LogP contribution is -2.44. The van der Waals surface area contributed by atoms with Crippen LogP contribution in [-0.4, -0.2) is 47.5 Å². The number of thioether (sulfide) groups is 1. The Labute approximate surface area is 116 Å². The van der Waals surface area contributed by atoms with Crippen LogP contribution in [0.4, 0.5) is 0 Å². The first kappa shape index (κ1) is 15.8. The number of hydrogen-bond acceptors (Lipinski definition) is 3. The van der Waals surface area contributed by atoms with Gasteiger partial charge in [-0.1, -0.05) is 13.3 Å². The average molecular weight is 272 g/mol. The maximum Gasteiger partial charge on any atom is 0.234 e. The summed E-state index contributed by atoms with van der Waals surface area (Å²) in [6.45, 7) is 6.95. The van der Waals surface area contributed by atoms with E-state index in [-0.39, 0.29) is 5.91 Å². The Morgan fingerprint density at radius 1 is 1.44 bits per heavy atom. The zero-order chi connectivity index (χ0) is 13.5. The fourth-order valence-corrected chi connectivity index (χ4v) is 3.52. The third kappa shape index (κ3) is 5.61. The monoisotopic (exact) mass is 272 g/mol. The molecule has 106 valence electrons. The van der Waals surface area contributed by atoms with Crippen LogP contribution in [0.2, 0.25) is 0 Å². The summed E-state index contributed by atoms with van der Waals surface area (Å²) in [7, 11) is 2.00. The predicted molar refractivity (Wildman–Crippen MR) is 80.1 cm³/mol. The predicted octanol–water partition coefficient (Wildman–Crippen LogP) is 2.51. The van der Waals surface area contributed by atoms with E-state index in [1.165, 1.54) is 18.6 Å². The van der Waals surface area contributed by atoms with E-state index in [0.717, 1.165) is 18.1 Å². The summed E-state index contributed by atoms with van der Waals surface area (Å²) in [4.78, 5) is 14.0. The maximum absolute atomic E-state index is 11.9. The smallest absolute Gasteiger partial charge is 0.234 e. The van der Waals surface area contributed by atoms with Crippen molar-refractivity contribution in [1.82, 2.24) is 10.2 Å². The number of amides is 1. The van der Waals surface area contributed by atoms with Crippen LogP contribution < -0.4 is 5.32 Å². The molecule has 0 radical (unpaired) electrons. The summed E-state index contributed by atoms with van der Waals surface area (Å²) in [6.07, 6.45) is 4.87. The summed E-state index contributed by atoms with van der Waals surface area (Å²) >= 11 is 2.04. The lowest BCUT2D eigenvalue weighted by Gasteiger charge is -2.30. The van der Waals surface area contributed by atoms with Crippen molar-refractivity contribution in [3.63, 3.8) is 0 Å². The number of nitrogens with zero attached hydrogens (tertiary/aromatic N) is 1. The molecule has 0 aromatic heterocycles. The molecular weight excluding hydrogens is 244 g/mol. The Bertz CT molecular complexity index is 256. The Hall–Kier alpha value is -0.220. The fraction of sp³-hybridized carbons (Fsp3) is 0.929. The molecule has 1 aliphatic rings. The first-order chi connectivity index (χ1) is 8.52. The van der Waals surface area contributed by atoms with E-state index in [9.17, 15) is 4.79 Å². The highest BCUT2D eigenvalue weighted by Gasteiger charge is 2.23. The number of nitrogens with one attached hydrogen (secondary N) is 1. The van der Waals surface area contributed by atoms with Gasteiger partial charge in [-0.05, 0) is 45.9 Å². The molecule has 0 unspecified atom stereocenters. The van der Waals surface area contributed by atoms with Gasteiger partial charge in [-0.2, -0.15) is 11.8 Å². The molecule has 0 spiro atoms. The minimum absolute atomic E-state index is 0.179. The summed E-state index contributed by atoms with van der Waals surface area (Å²) in [6, 6.07) is 0.821. The highest BCUT2D eigenvalue weighted by Crippen LogP contribution is 2.28. The summed E-state index contributed by atoms with van der Waals surface area (Å²) < 4.78 is 0. The second-order valence-corrected chi connectivity index (χ2v) is 7.09. The van der Waals surface area contributed by atoms with E-state index in [2.05, 4.69) is 31.0 Å². The molecule has 0 heterocycles. The van der Waals surface area contributed by atoms with Gasteiger partial charge < -0.3 is 5.32 Å². The second kappa shape index (κ2) is 8.05. The molecule has 0 bridgehead atoms. The lowest BCUT2D eigenvalue weighted by atomic mass is 9.95. The zero-order valence-corrected chi connectivity index (χ0v) is 13.1.